The van der Waals surface area contributed by atoms with Crippen molar-refractivity contribution in [3.8, 4) is 0 Å². The van der Waals surface area contributed by atoms with Gasteiger partial charge in [0.15, 0.2) is 0 Å². The van der Waals surface area contributed by atoms with Crippen molar-refractivity contribution in [3.05, 3.63) is 0 Å². The monoisotopic (exact) mass is 172 g/mol. The quantitative estimate of drug-likeness (QED) is 0.610. The highest BCUT2D eigenvalue weighted by Gasteiger charge is 2.17. The van der Waals surface area contributed by atoms with Gasteiger partial charge in [-0.2, -0.15) is 0 Å². The molecule has 0 spiro atoms. The first kappa shape index (κ1) is 8.83. The Hall–Kier alpha value is -1.26. The SMILES string of the molecule is O=C(O)NCC(=O)N1CCCC1. The lowest BCUT2D eigenvalue weighted by molar-refractivity contribution is -0.129. The Morgan fingerprint density at radius 1 is 1.33 bits per heavy atom. The molecule has 0 saturated carbocycles. The number of hydrogen-bond donors (Lipinski definition) is 2. The van der Waals surface area contributed by atoms with Crippen LogP contribution in [0.1, 0.15) is 12.8 Å². The maximum Gasteiger partial charge on any atom is 0.405 e. The lowest BCUT2D eigenvalue weighted by Gasteiger charge is -2.14. The number of likely N-dealkylation sites (tertiary alicyclic amines) is 1. The molecule has 0 unspecified atom stereocenters. The van der Waals surface area contributed by atoms with Crippen LogP contribution in [0.2, 0.25) is 0 Å². The summed E-state index contributed by atoms with van der Waals surface area (Å²) in [6.07, 6.45) is 0.903. The summed E-state index contributed by atoms with van der Waals surface area (Å²) in [7, 11) is 0. The van der Waals surface area contributed by atoms with Gasteiger partial charge in [-0.1, -0.05) is 0 Å². The third-order valence-electron chi connectivity index (χ3n) is 1.85. The van der Waals surface area contributed by atoms with E-state index in [-0.39, 0.29) is 12.5 Å². The van der Waals surface area contributed by atoms with Gasteiger partial charge in [0.2, 0.25) is 5.91 Å². The molecule has 0 radical (unpaired) electrons. The fourth-order valence-corrected chi connectivity index (χ4v) is 1.23. The number of carboxylic acid groups (broad SMARTS) is 1. The largest absolute Gasteiger partial charge is 0.465 e. The highest BCUT2D eigenvalue weighted by molar-refractivity contribution is 5.81. The van der Waals surface area contributed by atoms with E-state index >= 15 is 0 Å². The first-order chi connectivity index (χ1) is 5.70. The molecule has 0 aliphatic carbocycles. The molecule has 1 fully saturated rings. The summed E-state index contributed by atoms with van der Waals surface area (Å²) in [6, 6.07) is 0. The highest BCUT2D eigenvalue weighted by atomic mass is 16.4. The molecule has 2 amide bonds. The van der Waals surface area contributed by atoms with E-state index in [1.807, 2.05) is 5.32 Å². The lowest BCUT2D eigenvalue weighted by Crippen LogP contribution is -2.38. The van der Waals surface area contributed by atoms with Crippen molar-refractivity contribution < 1.29 is 14.7 Å². The number of nitrogens with one attached hydrogen (secondary N) is 1. The van der Waals surface area contributed by atoms with Gasteiger partial charge >= 0.3 is 6.09 Å². The number of carbonyl (C=O) groups is 2. The minimum atomic E-state index is -1.15. The van der Waals surface area contributed by atoms with E-state index < -0.39 is 6.09 Å². The Balaban J connectivity index is 2.23. The summed E-state index contributed by atoms with van der Waals surface area (Å²) in [4.78, 5) is 22.9. The van der Waals surface area contributed by atoms with E-state index in [0.717, 1.165) is 25.9 Å². The van der Waals surface area contributed by atoms with Gasteiger partial charge in [0, 0.05) is 13.1 Å². The molecule has 0 aromatic heterocycles. The van der Waals surface area contributed by atoms with Crippen molar-refractivity contribution >= 4 is 12.0 Å². The topological polar surface area (TPSA) is 69.6 Å². The predicted molar refractivity (Wildman–Crippen MR) is 41.8 cm³/mol. The molecule has 1 heterocycles. The summed E-state index contributed by atoms with van der Waals surface area (Å²) >= 11 is 0. The number of amides is 2. The summed E-state index contributed by atoms with van der Waals surface area (Å²) in [5, 5.41) is 10.3. The predicted octanol–water partition coefficient (Wildman–Crippen LogP) is -0.124. The zero-order chi connectivity index (χ0) is 8.97. The van der Waals surface area contributed by atoms with E-state index in [1.54, 1.807) is 4.90 Å². The molecular weight excluding hydrogens is 160 g/mol. The van der Waals surface area contributed by atoms with Gasteiger partial charge in [-0.05, 0) is 12.8 Å². The average Bonchev–Trinajstić information content (AvgIpc) is 2.51. The summed E-state index contributed by atoms with van der Waals surface area (Å²) in [5.41, 5.74) is 0. The van der Waals surface area contributed by atoms with Crippen molar-refractivity contribution in [2.45, 2.75) is 12.8 Å². The van der Waals surface area contributed by atoms with Gasteiger partial charge in [0.25, 0.3) is 0 Å². The van der Waals surface area contributed by atoms with Crippen LogP contribution >= 0.6 is 0 Å². The first-order valence-corrected chi connectivity index (χ1v) is 3.95. The number of rotatable bonds is 2. The van der Waals surface area contributed by atoms with Gasteiger partial charge in [0.1, 0.15) is 6.54 Å². The smallest absolute Gasteiger partial charge is 0.405 e. The molecule has 5 heteroatoms. The molecule has 5 nitrogen and oxygen atoms in total. The third kappa shape index (κ3) is 2.41. The summed E-state index contributed by atoms with van der Waals surface area (Å²) in [6.45, 7) is 1.43. The fraction of sp³-hybridized carbons (Fsp3) is 0.714. The number of hydrogen-bond acceptors (Lipinski definition) is 2. The van der Waals surface area contributed by atoms with E-state index in [9.17, 15) is 9.59 Å². The van der Waals surface area contributed by atoms with E-state index in [4.69, 9.17) is 5.11 Å². The summed E-state index contributed by atoms with van der Waals surface area (Å²) in [5.74, 6) is -0.130. The van der Waals surface area contributed by atoms with E-state index in [2.05, 4.69) is 0 Å². The van der Waals surface area contributed by atoms with Crippen molar-refractivity contribution in [1.29, 1.82) is 0 Å². The van der Waals surface area contributed by atoms with Crippen LogP contribution in [0, 0.1) is 0 Å². The zero-order valence-electron chi connectivity index (χ0n) is 6.75. The molecule has 1 rings (SSSR count). The Kier molecular flexibility index (Phi) is 2.90. The second kappa shape index (κ2) is 3.94. The Morgan fingerprint density at radius 3 is 2.42 bits per heavy atom. The maximum absolute atomic E-state index is 11.1. The Bertz CT molecular complexity index is 187. The lowest BCUT2D eigenvalue weighted by atomic mass is 10.4. The molecule has 68 valence electrons. The second-order valence-corrected chi connectivity index (χ2v) is 2.75. The van der Waals surface area contributed by atoms with Crippen LogP contribution in [0.15, 0.2) is 0 Å². The van der Waals surface area contributed by atoms with E-state index in [1.165, 1.54) is 0 Å². The molecule has 0 atom stereocenters. The zero-order valence-corrected chi connectivity index (χ0v) is 6.75. The van der Waals surface area contributed by atoms with Gasteiger partial charge in [-0.3, -0.25) is 4.79 Å². The Morgan fingerprint density at radius 2 is 1.92 bits per heavy atom. The molecule has 12 heavy (non-hydrogen) atoms. The Labute approximate surface area is 70.4 Å². The molecule has 0 aromatic rings. The molecule has 1 aliphatic heterocycles. The van der Waals surface area contributed by atoms with Crippen LogP contribution in [-0.4, -0.2) is 41.6 Å². The van der Waals surface area contributed by atoms with Crippen molar-refractivity contribution in [3.63, 3.8) is 0 Å². The molecule has 2 N–H and O–H groups in total. The van der Waals surface area contributed by atoms with Crippen LogP contribution in [-0.2, 0) is 4.79 Å². The van der Waals surface area contributed by atoms with Crippen LogP contribution in [0.3, 0.4) is 0 Å². The third-order valence-corrected chi connectivity index (χ3v) is 1.85. The summed E-state index contributed by atoms with van der Waals surface area (Å²) < 4.78 is 0. The molecule has 0 aromatic carbocycles. The van der Waals surface area contributed by atoms with Crippen LogP contribution < -0.4 is 5.32 Å². The average molecular weight is 172 g/mol. The van der Waals surface area contributed by atoms with Crippen molar-refractivity contribution in [2.24, 2.45) is 0 Å². The molecule has 1 aliphatic rings. The van der Waals surface area contributed by atoms with Crippen molar-refractivity contribution in [1.82, 2.24) is 10.2 Å². The molecule has 1 saturated heterocycles. The van der Waals surface area contributed by atoms with Crippen molar-refractivity contribution in [2.75, 3.05) is 19.6 Å². The maximum atomic E-state index is 11.1. The minimum Gasteiger partial charge on any atom is -0.465 e. The number of nitrogens with zero attached hydrogens (tertiary/aromatic N) is 1. The van der Waals surface area contributed by atoms with Crippen LogP contribution in [0.25, 0.3) is 0 Å². The van der Waals surface area contributed by atoms with Crippen LogP contribution in [0.5, 0.6) is 0 Å². The normalized spacial score (nSPS) is 16.2. The first-order valence-electron chi connectivity index (χ1n) is 3.95. The molecular formula is C7H12N2O3. The molecule has 0 bridgehead atoms. The minimum absolute atomic E-state index is 0.102. The van der Waals surface area contributed by atoms with E-state index in [0.29, 0.717) is 0 Å². The van der Waals surface area contributed by atoms with Crippen LogP contribution in [0.4, 0.5) is 4.79 Å². The highest BCUT2D eigenvalue weighted by Crippen LogP contribution is 2.06. The van der Waals surface area contributed by atoms with Gasteiger partial charge < -0.3 is 15.3 Å². The second-order valence-electron chi connectivity index (χ2n) is 2.75. The fourth-order valence-electron chi connectivity index (χ4n) is 1.23. The standard InChI is InChI=1S/C7H12N2O3/c10-6(5-8-7(11)12)9-3-1-2-4-9/h8H,1-5H2,(H,11,12). The van der Waals surface area contributed by atoms with Gasteiger partial charge in [-0.15, -0.1) is 0 Å². The van der Waals surface area contributed by atoms with Gasteiger partial charge in [0.05, 0.1) is 0 Å². The number of carbonyl (C=O) groups excluding carboxylic acids is 1. The van der Waals surface area contributed by atoms with Gasteiger partial charge in [-0.25, -0.2) is 4.79 Å².